The molecule has 0 aliphatic rings. The highest BCUT2D eigenvalue weighted by Gasteiger charge is 2.12. The Morgan fingerprint density at radius 3 is 2.46 bits per heavy atom. The molecule has 28 heavy (non-hydrogen) atoms. The van der Waals surface area contributed by atoms with Crippen LogP contribution in [0.5, 0.6) is 11.5 Å². The van der Waals surface area contributed by atoms with Crippen molar-refractivity contribution < 1.29 is 14.3 Å². The monoisotopic (exact) mass is 509 g/mol. The van der Waals surface area contributed by atoms with Gasteiger partial charge in [0.25, 0.3) is 0 Å². The maximum Gasteiger partial charge on any atom is 0.173 e. The lowest BCUT2D eigenvalue weighted by Crippen LogP contribution is -2.02. The number of ether oxygens (including phenoxy) is 2. The van der Waals surface area contributed by atoms with Gasteiger partial charge in [-0.05, 0) is 32.0 Å². The first-order chi connectivity index (χ1) is 13.2. The number of alkyl halides is 1. The van der Waals surface area contributed by atoms with Crippen LogP contribution in [0, 0.1) is 0 Å². The van der Waals surface area contributed by atoms with Crippen LogP contribution >= 0.6 is 32.9 Å². The summed E-state index contributed by atoms with van der Waals surface area (Å²) < 4.78 is 11.4. The highest BCUT2D eigenvalue weighted by atomic mass is 79.9. The van der Waals surface area contributed by atoms with Crippen LogP contribution in [0.15, 0.2) is 42.7 Å². The number of benzene rings is 2. The lowest BCUT2D eigenvalue weighted by atomic mass is 10.1. The largest absolute Gasteiger partial charge is 0.490 e. The van der Waals surface area contributed by atoms with Crippen molar-refractivity contribution in [2.75, 3.05) is 23.9 Å². The van der Waals surface area contributed by atoms with Crippen LogP contribution in [0.4, 0.5) is 11.5 Å². The van der Waals surface area contributed by atoms with E-state index < -0.39 is 0 Å². The Bertz CT molecular complexity index is 967. The normalized spacial score (nSPS) is 10.2. The summed E-state index contributed by atoms with van der Waals surface area (Å²) in [7, 11) is 0. The molecule has 0 amide bonds. The summed E-state index contributed by atoms with van der Waals surface area (Å²) in [5.74, 6) is 1.95. The molecule has 6 nitrogen and oxygen atoms in total. The minimum absolute atomic E-state index is 0. The molecule has 0 aliphatic heterocycles. The molecule has 1 N–H and O–H groups in total. The summed E-state index contributed by atoms with van der Waals surface area (Å²) in [6.07, 6.45) is 1.49. The maximum atomic E-state index is 11.9. The number of hydrogen-bond acceptors (Lipinski definition) is 6. The summed E-state index contributed by atoms with van der Waals surface area (Å²) in [6, 6.07) is 11.0. The molecule has 8 heteroatoms. The van der Waals surface area contributed by atoms with Gasteiger partial charge in [0.2, 0.25) is 0 Å². The average Bonchev–Trinajstić information content (AvgIpc) is 2.69. The van der Waals surface area contributed by atoms with Gasteiger partial charge in [0, 0.05) is 22.7 Å². The maximum absolute atomic E-state index is 11.9. The minimum atomic E-state index is 0. The smallest absolute Gasteiger partial charge is 0.173 e. The van der Waals surface area contributed by atoms with E-state index in [2.05, 4.69) is 31.2 Å². The predicted octanol–water partition coefficient (Wildman–Crippen LogP) is 5.33. The van der Waals surface area contributed by atoms with E-state index >= 15 is 0 Å². The third-order valence-corrected chi connectivity index (χ3v) is 4.38. The number of anilines is 2. The van der Waals surface area contributed by atoms with Gasteiger partial charge < -0.3 is 14.8 Å². The number of rotatable bonds is 8. The van der Waals surface area contributed by atoms with E-state index in [4.69, 9.17) is 9.47 Å². The van der Waals surface area contributed by atoms with Gasteiger partial charge in [0.15, 0.2) is 17.3 Å². The van der Waals surface area contributed by atoms with Crippen molar-refractivity contribution in [2.45, 2.75) is 13.8 Å². The molecule has 0 bridgehead atoms. The summed E-state index contributed by atoms with van der Waals surface area (Å²) in [4.78, 5) is 20.6. The number of hydrogen-bond donors (Lipinski definition) is 1. The Kier molecular flexibility index (Phi) is 8.19. The van der Waals surface area contributed by atoms with E-state index in [1.807, 2.05) is 38.1 Å². The predicted molar refractivity (Wildman–Crippen MR) is 120 cm³/mol. The van der Waals surface area contributed by atoms with Crippen LogP contribution in [0.3, 0.4) is 0 Å². The third kappa shape index (κ3) is 4.99. The summed E-state index contributed by atoms with van der Waals surface area (Å²) >= 11 is 3.20. The molecule has 0 spiro atoms. The Balaban J connectivity index is 0.00000280. The van der Waals surface area contributed by atoms with Gasteiger partial charge in [-0.15, -0.1) is 17.0 Å². The van der Waals surface area contributed by atoms with Crippen molar-refractivity contribution in [3.05, 3.63) is 48.3 Å². The van der Waals surface area contributed by atoms with Crippen molar-refractivity contribution in [3.8, 4) is 11.5 Å². The first-order valence-corrected chi connectivity index (χ1v) is 9.79. The van der Waals surface area contributed by atoms with E-state index in [9.17, 15) is 4.79 Å². The fourth-order valence-corrected chi connectivity index (χ4v) is 3.01. The molecular formula is C20H21Br2N3O3. The summed E-state index contributed by atoms with van der Waals surface area (Å²) in [5, 5.41) is 4.36. The van der Waals surface area contributed by atoms with Gasteiger partial charge in [0.05, 0.1) is 24.1 Å². The lowest BCUT2D eigenvalue weighted by Gasteiger charge is -2.14. The Morgan fingerprint density at radius 1 is 1.07 bits per heavy atom. The number of aromatic nitrogens is 2. The van der Waals surface area contributed by atoms with Gasteiger partial charge in [-0.1, -0.05) is 28.1 Å². The molecule has 0 atom stereocenters. The summed E-state index contributed by atoms with van der Waals surface area (Å²) in [6.45, 7) is 4.91. The van der Waals surface area contributed by atoms with E-state index in [0.29, 0.717) is 36.1 Å². The van der Waals surface area contributed by atoms with Gasteiger partial charge in [-0.3, -0.25) is 4.79 Å². The van der Waals surface area contributed by atoms with Crippen LogP contribution in [-0.4, -0.2) is 34.3 Å². The van der Waals surface area contributed by atoms with Crippen LogP contribution in [0.25, 0.3) is 10.9 Å². The minimum Gasteiger partial charge on any atom is -0.490 e. The fraction of sp³-hybridized carbons (Fsp3) is 0.250. The van der Waals surface area contributed by atoms with Crippen molar-refractivity contribution in [2.24, 2.45) is 0 Å². The second kappa shape index (κ2) is 10.4. The van der Waals surface area contributed by atoms with Crippen LogP contribution in [-0.2, 0) is 0 Å². The highest BCUT2D eigenvalue weighted by molar-refractivity contribution is 9.09. The van der Waals surface area contributed by atoms with Gasteiger partial charge in [0.1, 0.15) is 12.1 Å². The SMILES string of the molecule is Br.CCOc1cc2ncnc(Nc3cccc(C(=O)CBr)c3)c2cc1OCC. The quantitative estimate of drug-likeness (QED) is 0.326. The van der Waals surface area contributed by atoms with E-state index in [-0.39, 0.29) is 28.1 Å². The molecule has 1 heterocycles. The zero-order valence-electron chi connectivity index (χ0n) is 15.6. The van der Waals surface area contributed by atoms with Gasteiger partial charge in [-0.2, -0.15) is 0 Å². The molecular weight excluding hydrogens is 490 g/mol. The molecule has 3 aromatic rings. The van der Waals surface area contributed by atoms with Crippen molar-refractivity contribution in [1.82, 2.24) is 9.97 Å². The first kappa shape index (κ1) is 22.1. The molecule has 0 fully saturated rings. The Hall–Kier alpha value is -2.19. The number of Topliss-reactive ketones (excluding diaryl/α,β-unsaturated/α-hetero) is 1. The summed E-state index contributed by atoms with van der Waals surface area (Å²) in [5.41, 5.74) is 2.14. The number of ketones is 1. The number of fused-ring (bicyclic) bond motifs is 1. The second-order valence-electron chi connectivity index (χ2n) is 5.67. The van der Waals surface area contributed by atoms with Gasteiger partial charge >= 0.3 is 0 Å². The number of nitrogens with zero attached hydrogens (tertiary/aromatic N) is 2. The molecule has 3 rings (SSSR count). The van der Waals surface area contributed by atoms with E-state index in [0.717, 1.165) is 16.6 Å². The molecule has 0 saturated heterocycles. The van der Waals surface area contributed by atoms with Crippen LogP contribution < -0.4 is 14.8 Å². The van der Waals surface area contributed by atoms with Crippen molar-refractivity contribution >= 4 is 61.1 Å². The molecule has 0 saturated carbocycles. The third-order valence-electron chi connectivity index (χ3n) is 3.87. The van der Waals surface area contributed by atoms with Crippen LogP contribution in [0.1, 0.15) is 24.2 Å². The first-order valence-electron chi connectivity index (χ1n) is 8.66. The fourth-order valence-electron chi connectivity index (χ4n) is 2.68. The molecule has 2 aromatic carbocycles. The Labute approximate surface area is 182 Å². The topological polar surface area (TPSA) is 73.3 Å². The molecule has 0 unspecified atom stereocenters. The van der Waals surface area contributed by atoms with Crippen molar-refractivity contribution in [1.29, 1.82) is 0 Å². The average molecular weight is 511 g/mol. The van der Waals surface area contributed by atoms with E-state index in [1.54, 1.807) is 12.1 Å². The highest BCUT2D eigenvalue weighted by Crippen LogP contribution is 2.35. The van der Waals surface area contributed by atoms with Crippen LogP contribution in [0.2, 0.25) is 0 Å². The van der Waals surface area contributed by atoms with Crippen molar-refractivity contribution in [3.63, 3.8) is 0 Å². The lowest BCUT2D eigenvalue weighted by molar-refractivity contribution is 0.102. The number of halogens is 2. The molecule has 0 aliphatic carbocycles. The second-order valence-corrected chi connectivity index (χ2v) is 6.23. The zero-order valence-corrected chi connectivity index (χ0v) is 18.9. The molecule has 148 valence electrons. The number of carbonyl (C=O) groups is 1. The molecule has 1 aromatic heterocycles. The zero-order chi connectivity index (χ0) is 19.2. The number of carbonyl (C=O) groups excluding carboxylic acids is 1. The molecule has 0 radical (unpaired) electrons. The van der Waals surface area contributed by atoms with Gasteiger partial charge in [-0.25, -0.2) is 9.97 Å². The number of nitrogens with one attached hydrogen (secondary N) is 1. The standard InChI is InChI=1S/C20H20BrN3O3.BrH/c1-3-26-18-9-15-16(10-19(18)27-4-2)22-12-23-20(15)24-14-7-5-6-13(8-14)17(25)11-21;/h5-10,12H,3-4,11H2,1-2H3,(H,22,23,24);1H. The Morgan fingerprint density at radius 2 is 1.79 bits per heavy atom. The van der Waals surface area contributed by atoms with E-state index in [1.165, 1.54) is 6.33 Å².